The number of rotatable bonds is 2. The molecule has 0 amide bonds. The first-order valence-electron chi connectivity index (χ1n) is 4.92. The smallest absolute Gasteiger partial charge is 0.0949 e. The summed E-state index contributed by atoms with van der Waals surface area (Å²) in [5, 5.41) is 0. The van der Waals surface area contributed by atoms with Crippen molar-refractivity contribution >= 4 is 0 Å². The SMILES string of the molecule is COC1CCCCC1n1ccnc1. The summed E-state index contributed by atoms with van der Waals surface area (Å²) in [6.45, 7) is 0. The average Bonchev–Trinajstić information content (AvgIpc) is 2.70. The quantitative estimate of drug-likeness (QED) is 0.696. The predicted octanol–water partition coefficient (Wildman–Crippen LogP) is 2.01. The Labute approximate surface area is 78.7 Å². The molecule has 1 aromatic heterocycles. The molecule has 1 heterocycles. The molecular weight excluding hydrogens is 164 g/mol. The van der Waals surface area contributed by atoms with E-state index in [0.717, 1.165) is 0 Å². The van der Waals surface area contributed by atoms with E-state index in [-0.39, 0.29) is 0 Å². The Balaban J connectivity index is 2.11. The third-order valence-electron chi connectivity index (χ3n) is 2.88. The molecule has 13 heavy (non-hydrogen) atoms. The summed E-state index contributed by atoms with van der Waals surface area (Å²) in [7, 11) is 1.81. The Morgan fingerprint density at radius 2 is 2.23 bits per heavy atom. The number of ether oxygens (including phenoxy) is 1. The molecule has 3 nitrogen and oxygen atoms in total. The summed E-state index contributed by atoms with van der Waals surface area (Å²) in [6.07, 6.45) is 11.1. The Morgan fingerprint density at radius 3 is 2.92 bits per heavy atom. The van der Waals surface area contributed by atoms with Crippen molar-refractivity contribution in [1.82, 2.24) is 9.55 Å². The third kappa shape index (κ3) is 1.75. The maximum Gasteiger partial charge on any atom is 0.0949 e. The van der Waals surface area contributed by atoms with E-state index in [2.05, 4.69) is 9.55 Å². The number of hydrogen-bond acceptors (Lipinski definition) is 2. The van der Waals surface area contributed by atoms with Crippen molar-refractivity contribution in [3.63, 3.8) is 0 Å². The Bertz CT molecular complexity index is 245. The Morgan fingerprint density at radius 1 is 1.38 bits per heavy atom. The van der Waals surface area contributed by atoms with E-state index in [1.165, 1.54) is 25.7 Å². The van der Waals surface area contributed by atoms with Crippen LogP contribution in [-0.4, -0.2) is 22.8 Å². The van der Waals surface area contributed by atoms with Gasteiger partial charge in [0.2, 0.25) is 0 Å². The highest BCUT2D eigenvalue weighted by atomic mass is 16.5. The molecule has 0 aliphatic heterocycles. The first kappa shape index (κ1) is 8.75. The monoisotopic (exact) mass is 180 g/mol. The van der Waals surface area contributed by atoms with Gasteiger partial charge in [0.1, 0.15) is 0 Å². The van der Waals surface area contributed by atoms with Crippen molar-refractivity contribution in [2.45, 2.75) is 37.8 Å². The van der Waals surface area contributed by atoms with Gasteiger partial charge in [0.25, 0.3) is 0 Å². The summed E-state index contributed by atoms with van der Waals surface area (Å²) < 4.78 is 7.65. The van der Waals surface area contributed by atoms with Crippen molar-refractivity contribution in [1.29, 1.82) is 0 Å². The van der Waals surface area contributed by atoms with E-state index >= 15 is 0 Å². The second-order valence-corrected chi connectivity index (χ2v) is 3.64. The molecule has 0 bridgehead atoms. The van der Waals surface area contributed by atoms with Gasteiger partial charge in [-0.3, -0.25) is 0 Å². The second kappa shape index (κ2) is 3.92. The minimum atomic E-state index is 0.378. The Kier molecular flexibility index (Phi) is 2.64. The maximum absolute atomic E-state index is 5.48. The van der Waals surface area contributed by atoms with Gasteiger partial charge < -0.3 is 9.30 Å². The van der Waals surface area contributed by atoms with Crippen LogP contribution in [0.1, 0.15) is 31.7 Å². The van der Waals surface area contributed by atoms with Crippen LogP contribution in [0.4, 0.5) is 0 Å². The van der Waals surface area contributed by atoms with Crippen LogP contribution in [0.25, 0.3) is 0 Å². The molecule has 0 aromatic carbocycles. The molecule has 0 N–H and O–H groups in total. The van der Waals surface area contributed by atoms with Crippen molar-refractivity contribution in [2.75, 3.05) is 7.11 Å². The number of hydrogen-bond donors (Lipinski definition) is 0. The van der Waals surface area contributed by atoms with Gasteiger partial charge in [-0.2, -0.15) is 0 Å². The summed E-state index contributed by atoms with van der Waals surface area (Å²) in [6, 6.07) is 0.501. The normalized spacial score (nSPS) is 29.0. The van der Waals surface area contributed by atoms with E-state index in [0.29, 0.717) is 12.1 Å². The van der Waals surface area contributed by atoms with Gasteiger partial charge in [0, 0.05) is 19.5 Å². The number of nitrogens with zero attached hydrogens (tertiary/aromatic N) is 2. The van der Waals surface area contributed by atoms with E-state index in [4.69, 9.17) is 4.74 Å². The standard InChI is InChI=1S/C10H16N2O/c1-13-10-5-3-2-4-9(10)12-7-6-11-8-12/h6-10H,2-5H2,1H3. The summed E-state index contributed by atoms with van der Waals surface area (Å²) in [4.78, 5) is 4.07. The average molecular weight is 180 g/mol. The molecule has 72 valence electrons. The third-order valence-corrected chi connectivity index (χ3v) is 2.88. The van der Waals surface area contributed by atoms with Crippen LogP contribution in [0, 0.1) is 0 Å². The zero-order chi connectivity index (χ0) is 9.10. The fourth-order valence-electron chi connectivity index (χ4n) is 2.16. The molecule has 2 unspecified atom stereocenters. The summed E-state index contributed by atoms with van der Waals surface area (Å²) in [5.74, 6) is 0. The van der Waals surface area contributed by atoms with Crippen molar-refractivity contribution in [3.05, 3.63) is 18.7 Å². The molecule has 1 fully saturated rings. The van der Waals surface area contributed by atoms with E-state index in [1.807, 2.05) is 18.7 Å². The lowest BCUT2D eigenvalue weighted by Crippen LogP contribution is -2.28. The highest BCUT2D eigenvalue weighted by Crippen LogP contribution is 2.30. The number of aromatic nitrogens is 2. The summed E-state index contributed by atoms with van der Waals surface area (Å²) >= 11 is 0. The van der Waals surface area contributed by atoms with Gasteiger partial charge in [-0.1, -0.05) is 12.8 Å². The van der Waals surface area contributed by atoms with Gasteiger partial charge in [-0.15, -0.1) is 0 Å². The molecule has 3 heteroatoms. The fourth-order valence-corrected chi connectivity index (χ4v) is 2.16. The van der Waals surface area contributed by atoms with Crippen molar-refractivity contribution in [2.24, 2.45) is 0 Å². The molecule has 0 radical (unpaired) electrons. The van der Waals surface area contributed by atoms with E-state index < -0.39 is 0 Å². The topological polar surface area (TPSA) is 27.1 Å². The molecule has 0 spiro atoms. The van der Waals surface area contributed by atoms with Gasteiger partial charge in [-0.25, -0.2) is 4.98 Å². The highest BCUT2D eigenvalue weighted by molar-refractivity contribution is 4.87. The Hall–Kier alpha value is -0.830. The predicted molar refractivity (Wildman–Crippen MR) is 50.5 cm³/mol. The summed E-state index contributed by atoms with van der Waals surface area (Å²) in [5.41, 5.74) is 0. The lowest BCUT2D eigenvalue weighted by Gasteiger charge is -2.31. The van der Waals surface area contributed by atoms with Crippen LogP contribution in [0.3, 0.4) is 0 Å². The highest BCUT2D eigenvalue weighted by Gasteiger charge is 2.25. The molecule has 1 aromatic rings. The largest absolute Gasteiger partial charge is 0.379 e. The van der Waals surface area contributed by atoms with E-state index in [9.17, 15) is 0 Å². The molecule has 2 rings (SSSR count). The lowest BCUT2D eigenvalue weighted by molar-refractivity contribution is 0.0290. The molecule has 1 saturated carbocycles. The number of imidazole rings is 1. The van der Waals surface area contributed by atoms with Crippen LogP contribution in [0.15, 0.2) is 18.7 Å². The van der Waals surface area contributed by atoms with Crippen molar-refractivity contribution < 1.29 is 4.74 Å². The molecule has 1 aliphatic carbocycles. The van der Waals surface area contributed by atoms with Crippen LogP contribution < -0.4 is 0 Å². The maximum atomic E-state index is 5.48. The molecule has 2 atom stereocenters. The second-order valence-electron chi connectivity index (χ2n) is 3.64. The zero-order valence-corrected chi connectivity index (χ0v) is 8.02. The van der Waals surface area contributed by atoms with Crippen LogP contribution in [0.5, 0.6) is 0 Å². The van der Waals surface area contributed by atoms with Crippen LogP contribution in [0.2, 0.25) is 0 Å². The van der Waals surface area contributed by atoms with Crippen LogP contribution in [-0.2, 0) is 4.74 Å². The first-order chi connectivity index (χ1) is 6.42. The zero-order valence-electron chi connectivity index (χ0n) is 8.02. The minimum absolute atomic E-state index is 0.378. The first-order valence-corrected chi connectivity index (χ1v) is 4.92. The molecule has 1 aliphatic rings. The fraction of sp³-hybridized carbons (Fsp3) is 0.700. The number of methoxy groups -OCH3 is 1. The lowest BCUT2D eigenvalue weighted by atomic mass is 9.92. The molecule has 0 saturated heterocycles. The molecular formula is C10H16N2O. The van der Waals surface area contributed by atoms with E-state index in [1.54, 1.807) is 7.11 Å². The van der Waals surface area contributed by atoms with Crippen LogP contribution >= 0.6 is 0 Å². The van der Waals surface area contributed by atoms with Gasteiger partial charge in [0.05, 0.1) is 18.5 Å². The van der Waals surface area contributed by atoms with Gasteiger partial charge >= 0.3 is 0 Å². The van der Waals surface area contributed by atoms with Gasteiger partial charge in [0.15, 0.2) is 0 Å². The van der Waals surface area contributed by atoms with Gasteiger partial charge in [-0.05, 0) is 12.8 Å². The van der Waals surface area contributed by atoms with Crippen molar-refractivity contribution in [3.8, 4) is 0 Å². The minimum Gasteiger partial charge on any atom is -0.379 e.